The summed E-state index contributed by atoms with van der Waals surface area (Å²) in [5.41, 5.74) is 1.70. The van der Waals surface area contributed by atoms with Gasteiger partial charge in [0.05, 0.1) is 13.2 Å². The van der Waals surface area contributed by atoms with Crippen molar-refractivity contribution in [3.05, 3.63) is 46.9 Å². The van der Waals surface area contributed by atoms with Gasteiger partial charge in [0.25, 0.3) is 5.91 Å². The van der Waals surface area contributed by atoms with Crippen LogP contribution < -0.4 is 0 Å². The molecule has 0 bridgehead atoms. The topological polar surface area (TPSA) is 79.5 Å². The fourth-order valence-electron chi connectivity index (χ4n) is 2.54. The van der Waals surface area contributed by atoms with Gasteiger partial charge in [-0.25, -0.2) is 4.98 Å². The number of rotatable bonds is 2. The van der Waals surface area contributed by atoms with Crippen LogP contribution in [0.5, 0.6) is 0 Å². The molecule has 2 aromatic heterocycles. The lowest BCUT2D eigenvalue weighted by atomic mass is 9.97. The number of aliphatic hydroxyl groups excluding tert-OH is 1. The number of oxazole rings is 1. The van der Waals surface area contributed by atoms with Crippen LogP contribution in [0.15, 0.2) is 22.7 Å². The van der Waals surface area contributed by atoms with E-state index in [0.29, 0.717) is 36.7 Å². The minimum Gasteiger partial charge on any atom is -0.445 e. The molecule has 0 spiro atoms. The van der Waals surface area contributed by atoms with E-state index < -0.39 is 0 Å². The minimum absolute atomic E-state index is 0.106. The number of hydrogen-bond donors (Lipinski definition) is 1. The first-order chi connectivity index (χ1) is 10.9. The van der Waals surface area contributed by atoms with Crippen LogP contribution in [0.3, 0.4) is 0 Å². The van der Waals surface area contributed by atoms with E-state index in [0.717, 1.165) is 11.5 Å². The average molecular weight is 315 g/mol. The van der Waals surface area contributed by atoms with Crippen LogP contribution in [0.2, 0.25) is 0 Å². The van der Waals surface area contributed by atoms with Gasteiger partial charge in [0.15, 0.2) is 5.89 Å². The second-order valence-corrected chi connectivity index (χ2v) is 6.82. The van der Waals surface area contributed by atoms with Gasteiger partial charge < -0.3 is 14.4 Å². The van der Waals surface area contributed by atoms with Crippen molar-refractivity contribution in [2.24, 2.45) is 0 Å². The maximum absolute atomic E-state index is 12.6. The first-order valence-corrected chi connectivity index (χ1v) is 7.72. The number of carbonyl (C=O) groups is 1. The van der Waals surface area contributed by atoms with Crippen molar-refractivity contribution in [1.82, 2.24) is 14.9 Å². The zero-order chi connectivity index (χ0) is 16.6. The Bertz CT molecular complexity index is 731. The molecule has 122 valence electrons. The molecule has 23 heavy (non-hydrogen) atoms. The highest BCUT2D eigenvalue weighted by Gasteiger charge is 2.29. The van der Waals surface area contributed by atoms with E-state index in [2.05, 4.69) is 30.7 Å². The number of aliphatic hydroxyl groups is 1. The first-order valence-electron chi connectivity index (χ1n) is 7.72. The van der Waals surface area contributed by atoms with Crippen LogP contribution in [0, 0.1) is 0 Å². The highest BCUT2D eigenvalue weighted by molar-refractivity contribution is 5.92. The zero-order valence-corrected chi connectivity index (χ0v) is 13.7. The van der Waals surface area contributed by atoms with E-state index in [1.807, 2.05) is 0 Å². The lowest BCUT2D eigenvalue weighted by molar-refractivity contribution is 0.0721. The molecule has 0 aromatic carbocycles. The zero-order valence-electron chi connectivity index (χ0n) is 13.7. The SMILES string of the molecule is CC(C)(C)c1nc2c(o1)CCN(C(=O)c1cc(CO)ccn1)C2. The fraction of sp³-hybridized carbons (Fsp3) is 0.471. The van der Waals surface area contributed by atoms with Gasteiger partial charge in [-0.15, -0.1) is 0 Å². The predicted octanol–water partition coefficient (Wildman–Crippen LogP) is 2.06. The maximum atomic E-state index is 12.6. The lowest BCUT2D eigenvalue weighted by Crippen LogP contribution is -2.36. The third-order valence-electron chi connectivity index (χ3n) is 3.88. The molecule has 0 saturated heterocycles. The molecule has 1 aliphatic rings. The Labute approximate surface area is 135 Å². The molecule has 0 fully saturated rings. The number of amides is 1. The molecule has 3 heterocycles. The molecule has 6 heteroatoms. The average Bonchev–Trinajstić information content (AvgIpc) is 2.97. The second-order valence-electron chi connectivity index (χ2n) is 6.82. The quantitative estimate of drug-likeness (QED) is 0.917. The number of fused-ring (bicyclic) bond motifs is 1. The molecular formula is C17H21N3O3. The van der Waals surface area contributed by atoms with Gasteiger partial charge in [0.1, 0.15) is 17.1 Å². The Balaban J connectivity index is 1.81. The summed E-state index contributed by atoms with van der Waals surface area (Å²) in [5, 5.41) is 9.19. The van der Waals surface area contributed by atoms with Crippen molar-refractivity contribution in [3.8, 4) is 0 Å². The van der Waals surface area contributed by atoms with Crippen molar-refractivity contribution < 1.29 is 14.3 Å². The maximum Gasteiger partial charge on any atom is 0.272 e. The third-order valence-corrected chi connectivity index (χ3v) is 3.88. The first kappa shape index (κ1) is 15.7. The van der Waals surface area contributed by atoms with Gasteiger partial charge in [-0.3, -0.25) is 9.78 Å². The van der Waals surface area contributed by atoms with Crippen molar-refractivity contribution in [1.29, 1.82) is 0 Å². The standard InChI is InChI=1S/C17H21N3O3/c1-17(2,3)16-19-13-9-20(7-5-14(13)23-16)15(22)12-8-11(10-21)4-6-18-12/h4,6,8,21H,5,7,9-10H2,1-3H3. The van der Waals surface area contributed by atoms with Crippen LogP contribution >= 0.6 is 0 Å². The molecule has 0 radical (unpaired) electrons. The Morgan fingerprint density at radius 2 is 2.22 bits per heavy atom. The van der Waals surface area contributed by atoms with Crippen LogP contribution in [-0.2, 0) is 25.0 Å². The van der Waals surface area contributed by atoms with Crippen LogP contribution in [0.25, 0.3) is 0 Å². The summed E-state index contributed by atoms with van der Waals surface area (Å²) in [4.78, 5) is 23.0. The molecule has 0 unspecified atom stereocenters. The molecule has 1 aliphatic heterocycles. The highest BCUT2D eigenvalue weighted by atomic mass is 16.4. The largest absolute Gasteiger partial charge is 0.445 e. The molecule has 0 aliphatic carbocycles. The summed E-state index contributed by atoms with van der Waals surface area (Å²) in [6.45, 7) is 7.06. The summed E-state index contributed by atoms with van der Waals surface area (Å²) in [7, 11) is 0. The van der Waals surface area contributed by atoms with Crippen molar-refractivity contribution >= 4 is 5.91 Å². The Hall–Kier alpha value is -2.21. The summed E-state index contributed by atoms with van der Waals surface area (Å²) in [6, 6.07) is 3.32. The molecule has 2 aromatic rings. The number of hydrogen-bond acceptors (Lipinski definition) is 5. The second kappa shape index (κ2) is 5.77. The van der Waals surface area contributed by atoms with Gasteiger partial charge in [0, 0.05) is 24.6 Å². The summed E-state index contributed by atoms with van der Waals surface area (Å²) in [6.07, 6.45) is 2.20. The van der Waals surface area contributed by atoms with Gasteiger partial charge in [-0.1, -0.05) is 20.8 Å². The molecular weight excluding hydrogens is 294 g/mol. The normalized spacial score (nSPS) is 14.7. The van der Waals surface area contributed by atoms with Crippen LogP contribution in [-0.4, -0.2) is 32.4 Å². The summed E-state index contributed by atoms with van der Waals surface area (Å²) in [5.74, 6) is 1.43. The van der Waals surface area contributed by atoms with Gasteiger partial charge in [0.2, 0.25) is 0 Å². The van der Waals surface area contributed by atoms with E-state index in [-0.39, 0.29) is 17.9 Å². The third kappa shape index (κ3) is 3.12. The number of nitrogens with zero attached hydrogens (tertiary/aromatic N) is 3. The fourth-order valence-corrected chi connectivity index (χ4v) is 2.54. The van der Waals surface area contributed by atoms with E-state index in [9.17, 15) is 9.90 Å². The lowest BCUT2D eigenvalue weighted by Gasteiger charge is -2.25. The number of aromatic nitrogens is 2. The van der Waals surface area contributed by atoms with E-state index in [1.54, 1.807) is 23.2 Å². The molecule has 1 amide bonds. The molecule has 6 nitrogen and oxygen atoms in total. The molecule has 1 N–H and O–H groups in total. The Morgan fingerprint density at radius 1 is 1.43 bits per heavy atom. The minimum atomic E-state index is -0.150. The molecule has 3 rings (SSSR count). The molecule has 0 atom stereocenters. The number of carbonyl (C=O) groups excluding carboxylic acids is 1. The highest BCUT2D eigenvalue weighted by Crippen LogP contribution is 2.27. The van der Waals surface area contributed by atoms with E-state index in [1.165, 1.54) is 0 Å². The Kier molecular flexibility index (Phi) is 3.93. The van der Waals surface area contributed by atoms with Gasteiger partial charge >= 0.3 is 0 Å². The van der Waals surface area contributed by atoms with Crippen molar-refractivity contribution in [2.45, 2.75) is 45.8 Å². The van der Waals surface area contributed by atoms with Crippen molar-refractivity contribution in [3.63, 3.8) is 0 Å². The summed E-state index contributed by atoms with van der Waals surface area (Å²) >= 11 is 0. The van der Waals surface area contributed by atoms with Gasteiger partial charge in [-0.2, -0.15) is 0 Å². The smallest absolute Gasteiger partial charge is 0.272 e. The predicted molar refractivity (Wildman–Crippen MR) is 83.8 cm³/mol. The van der Waals surface area contributed by atoms with Crippen molar-refractivity contribution in [2.75, 3.05) is 6.54 Å². The van der Waals surface area contributed by atoms with Gasteiger partial charge in [-0.05, 0) is 17.7 Å². The Morgan fingerprint density at radius 3 is 2.91 bits per heavy atom. The number of pyridine rings is 1. The monoisotopic (exact) mass is 315 g/mol. The molecule has 0 saturated carbocycles. The van der Waals surface area contributed by atoms with E-state index >= 15 is 0 Å². The van der Waals surface area contributed by atoms with E-state index in [4.69, 9.17) is 4.42 Å². The summed E-state index contributed by atoms with van der Waals surface area (Å²) < 4.78 is 5.84. The van der Waals surface area contributed by atoms with Crippen LogP contribution in [0.1, 0.15) is 54.2 Å². The van der Waals surface area contributed by atoms with Crippen LogP contribution in [0.4, 0.5) is 0 Å².